The molecule has 0 saturated heterocycles. The van der Waals surface area contributed by atoms with Crippen LogP contribution in [0.5, 0.6) is 0 Å². The Kier molecular flexibility index (Phi) is 5.66. The van der Waals surface area contributed by atoms with Gasteiger partial charge in [0.05, 0.1) is 0 Å². The summed E-state index contributed by atoms with van der Waals surface area (Å²) in [5.41, 5.74) is 7.38. The van der Waals surface area contributed by atoms with Crippen molar-refractivity contribution in [1.82, 2.24) is 4.90 Å². The van der Waals surface area contributed by atoms with Gasteiger partial charge in [0.1, 0.15) is 0 Å². The summed E-state index contributed by atoms with van der Waals surface area (Å²) in [6.45, 7) is 8.27. The van der Waals surface area contributed by atoms with E-state index in [2.05, 4.69) is 48.6 Å². The van der Waals surface area contributed by atoms with E-state index in [0.29, 0.717) is 6.54 Å². The minimum Gasteiger partial charge on any atom is -0.329 e. The van der Waals surface area contributed by atoms with E-state index in [0.717, 1.165) is 16.0 Å². The van der Waals surface area contributed by atoms with Gasteiger partial charge in [0.25, 0.3) is 0 Å². The fourth-order valence-electron chi connectivity index (χ4n) is 2.17. The lowest BCUT2D eigenvalue weighted by Crippen LogP contribution is -2.36. The summed E-state index contributed by atoms with van der Waals surface area (Å²) in [7, 11) is 2.11. The van der Waals surface area contributed by atoms with Crippen molar-refractivity contribution < 1.29 is 0 Å². The topological polar surface area (TPSA) is 29.3 Å². The van der Waals surface area contributed by atoms with Gasteiger partial charge in [-0.3, -0.25) is 4.90 Å². The fraction of sp³-hybridized carbons (Fsp3) is 0.571. The quantitative estimate of drug-likeness (QED) is 0.899. The first kappa shape index (κ1) is 16.0. The highest BCUT2D eigenvalue weighted by Crippen LogP contribution is 2.30. The van der Waals surface area contributed by atoms with E-state index >= 15 is 0 Å². The third kappa shape index (κ3) is 4.54. The maximum Gasteiger partial charge on any atom is 0.0478 e. The molecule has 18 heavy (non-hydrogen) atoms. The first-order valence-electron chi connectivity index (χ1n) is 6.10. The van der Waals surface area contributed by atoms with E-state index in [-0.39, 0.29) is 11.5 Å². The number of likely N-dealkylation sites (N-methyl/N-ethyl adjacent to an activating group) is 1. The van der Waals surface area contributed by atoms with Crippen LogP contribution in [0.4, 0.5) is 0 Å². The van der Waals surface area contributed by atoms with Crippen molar-refractivity contribution in [3.05, 3.63) is 33.3 Å². The summed E-state index contributed by atoms with van der Waals surface area (Å²) in [6, 6.07) is 6.08. The van der Waals surface area contributed by atoms with E-state index in [1.807, 2.05) is 18.2 Å². The minimum atomic E-state index is 0.205. The van der Waals surface area contributed by atoms with E-state index < -0.39 is 0 Å². The molecule has 1 aromatic rings. The summed E-state index contributed by atoms with van der Waals surface area (Å²) in [4.78, 5) is 2.30. The molecule has 0 saturated carbocycles. The minimum absolute atomic E-state index is 0.205. The molecule has 2 N–H and O–H groups in total. The van der Waals surface area contributed by atoms with Gasteiger partial charge in [-0.25, -0.2) is 0 Å². The number of rotatable bonds is 4. The molecule has 4 heteroatoms. The Morgan fingerprint density at radius 1 is 1.39 bits per heavy atom. The average molecular weight is 334 g/mol. The molecule has 0 amide bonds. The molecule has 1 rings (SSSR count). The Balaban J connectivity index is 2.95. The SMILES string of the molecule is CN(CC(C)(C)C)C(CN)c1ccc(Cl)cc1Br. The van der Waals surface area contributed by atoms with Gasteiger partial charge in [0.15, 0.2) is 0 Å². The molecule has 0 aromatic heterocycles. The summed E-state index contributed by atoms with van der Waals surface area (Å²) in [5, 5.41) is 0.736. The van der Waals surface area contributed by atoms with Crippen LogP contribution in [-0.4, -0.2) is 25.0 Å². The first-order chi connectivity index (χ1) is 8.24. The molecule has 0 heterocycles. The molecule has 0 spiro atoms. The first-order valence-corrected chi connectivity index (χ1v) is 7.27. The van der Waals surface area contributed by atoms with E-state index in [9.17, 15) is 0 Å². The highest BCUT2D eigenvalue weighted by atomic mass is 79.9. The zero-order valence-electron chi connectivity index (χ0n) is 11.5. The number of nitrogens with zero attached hydrogens (tertiary/aromatic N) is 1. The van der Waals surface area contributed by atoms with Crippen molar-refractivity contribution in [2.45, 2.75) is 26.8 Å². The van der Waals surface area contributed by atoms with Gasteiger partial charge in [0.2, 0.25) is 0 Å². The van der Waals surface area contributed by atoms with Gasteiger partial charge in [-0.1, -0.05) is 54.4 Å². The lowest BCUT2D eigenvalue weighted by molar-refractivity contribution is 0.175. The van der Waals surface area contributed by atoms with Gasteiger partial charge in [0, 0.05) is 28.6 Å². The van der Waals surface area contributed by atoms with Crippen LogP contribution in [-0.2, 0) is 0 Å². The van der Waals surface area contributed by atoms with Gasteiger partial charge < -0.3 is 5.73 Å². The molecule has 1 unspecified atom stereocenters. The zero-order chi connectivity index (χ0) is 13.9. The molecule has 0 fully saturated rings. The summed E-state index contributed by atoms with van der Waals surface area (Å²) < 4.78 is 1.02. The molecule has 0 aliphatic rings. The van der Waals surface area contributed by atoms with Crippen LogP contribution in [0.15, 0.2) is 22.7 Å². The van der Waals surface area contributed by atoms with E-state index in [4.69, 9.17) is 17.3 Å². The Bertz CT molecular complexity index is 401. The zero-order valence-corrected chi connectivity index (χ0v) is 13.8. The van der Waals surface area contributed by atoms with Crippen molar-refractivity contribution in [2.75, 3.05) is 20.1 Å². The van der Waals surface area contributed by atoms with Gasteiger partial charge in [-0.05, 0) is 30.2 Å². The standard InChI is InChI=1S/C14H22BrClN2/c1-14(2,3)9-18(4)13(8-17)11-6-5-10(16)7-12(11)15/h5-7,13H,8-9,17H2,1-4H3. The fourth-order valence-corrected chi connectivity index (χ4v) is 3.12. The van der Waals surface area contributed by atoms with Crippen LogP contribution >= 0.6 is 27.5 Å². The van der Waals surface area contributed by atoms with E-state index in [1.54, 1.807) is 0 Å². The molecule has 0 bridgehead atoms. The van der Waals surface area contributed by atoms with Gasteiger partial charge in [-0.15, -0.1) is 0 Å². The molecule has 2 nitrogen and oxygen atoms in total. The molecular weight excluding hydrogens is 312 g/mol. The third-order valence-electron chi connectivity index (χ3n) is 2.80. The summed E-state index contributed by atoms with van der Waals surface area (Å²) in [5.74, 6) is 0. The number of halogens is 2. The lowest BCUT2D eigenvalue weighted by atomic mass is 9.94. The molecule has 1 atom stereocenters. The van der Waals surface area contributed by atoms with Gasteiger partial charge >= 0.3 is 0 Å². The van der Waals surface area contributed by atoms with E-state index in [1.165, 1.54) is 5.56 Å². The monoisotopic (exact) mass is 332 g/mol. The largest absolute Gasteiger partial charge is 0.329 e. The molecule has 0 radical (unpaired) electrons. The average Bonchev–Trinajstić information content (AvgIpc) is 2.19. The highest BCUT2D eigenvalue weighted by molar-refractivity contribution is 9.10. The molecule has 0 aliphatic carbocycles. The predicted octanol–water partition coefficient (Wildman–Crippen LogP) is 4.08. The Labute approximate surface area is 124 Å². The van der Waals surface area contributed by atoms with Crippen LogP contribution in [0.25, 0.3) is 0 Å². The lowest BCUT2D eigenvalue weighted by Gasteiger charge is -2.33. The Hall–Kier alpha value is -0.0900. The van der Waals surface area contributed by atoms with Crippen LogP contribution < -0.4 is 5.73 Å². The Morgan fingerprint density at radius 2 is 2.00 bits per heavy atom. The maximum absolute atomic E-state index is 5.98. The molecule has 0 aliphatic heterocycles. The van der Waals surface area contributed by atoms with Crippen LogP contribution in [0.2, 0.25) is 5.02 Å². The second-order valence-electron chi connectivity index (χ2n) is 5.89. The van der Waals surface area contributed by atoms with Crippen molar-refractivity contribution in [3.63, 3.8) is 0 Å². The third-order valence-corrected chi connectivity index (χ3v) is 3.72. The summed E-state index contributed by atoms with van der Waals surface area (Å²) in [6.07, 6.45) is 0. The molecule has 1 aromatic carbocycles. The maximum atomic E-state index is 5.98. The van der Waals surface area contributed by atoms with Crippen molar-refractivity contribution in [3.8, 4) is 0 Å². The van der Waals surface area contributed by atoms with Crippen LogP contribution in [0, 0.1) is 5.41 Å². The number of hydrogen-bond donors (Lipinski definition) is 1. The van der Waals surface area contributed by atoms with Crippen LogP contribution in [0.3, 0.4) is 0 Å². The number of benzene rings is 1. The Morgan fingerprint density at radius 3 is 2.44 bits per heavy atom. The molecule has 102 valence electrons. The highest BCUT2D eigenvalue weighted by Gasteiger charge is 2.22. The second kappa shape index (κ2) is 6.38. The second-order valence-corrected chi connectivity index (χ2v) is 7.18. The number of nitrogens with two attached hydrogens (primary N) is 1. The number of hydrogen-bond acceptors (Lipinski definition) is 2. The van der Waals surface area contributed by atoms with Crippen LogP contribution in [0.1, 0.15) is 32.4 Å². The van der Waals surface area contributed by atoms with Gasteiger partial charge in [-0.2, -0.15) is 0 Å². The normalized spacial score (nSPS) is 14.0. The smallest absolute Gasteiger partial charge is 0.0478 e. The van der Waals surface area contributed by atoms with Crippen molar-refractivity contribution in [2.24, 2.45) is 11.1 Å². The predicted molar refractivity (Wildman–Crippen MR) is 83.0 cm³/mol. The summed E-state index contributed by atoms with van der Waals surface area (Å²) >= 11 is 9.55. The van der Waals surface area contributed by atoms with Crippen molar-refractivity contribution in [1.29, 1.82) is 0 Å². The molecular formula is C14H22BrClN2. The van der Waals surface area contributed by atoms with Crippen molar-refractivity contribution >= 4 is 27.5 Å².